The molecule has 0 unspecified atom stereocenters. The molecular formula is C24H25FN6O. The summed E-state index contributed by atoms with van der Waals surface area (Å²) < 4.78 is 17.8. The molecule has 4 heterocycles. The molecular weight excluding hydrogens is 407 g/mol. The fourth-order valence-electron chi connectivity index (χ4n) is 4.85. The van der Waals surface area contributed by atoms with Crippen LogP contribution in [0.1, 0.15) is 42.6 Å². The van der Waals surface area contributed by atoms with Gasteiger partial charge in [0.2, 0.25) is 5.91 Å². The largest absolute Gasteiger partial charge is 0.383 e. The monoisotopic (exact) mass is 432 g/mol. The molecule has 8 heteroatoms. The number of anilines is 1. The number of aryl methyl sites for hydroxylation is 2. The number of pyridine rings is 1. The van der Waals surface area contributed by atoms with E-state index in [1.54, 1.807) is 4.90 Å². The standard InChI is InChI=1S/C24H25FN6O/c1-14-5-3-6-15(29-14)11-20(32)31-10-9-17-19(31)8-4-7-16(22(17)25)18-12-30(2)24-21(18)23(26)27-13-28-24/h3,5-6,12-13H,4,7-11H2,1-2H3,(H2,26,27,28). The first-order valence-electron chi connectivity index (χ1n) is 10.8. The van der Waals surface area contributed by atoms with Gasteiger partial charge < -0.3 is 15.2 Å². The second kappa shape index (κ2) is 7.85. The van der Waals surface area contributed by atoms with Crippen LogP contribution in [0.5, 0.6) is 0 Å². The Hall–Kier alpha value is -3.55. The Morgan fingerprint density at radius 1 is 1.19 bits per heavy atom. The lowest BCUT2D eigenvalue weighted by Crippen LogP contribution is -2.29. The third-order valence-electron chi connectivity index (χ3n) is 6.32. The highest BCUT2D eigenvalue weighted by Gasteiger charge is 2.33. The van der Waals surface area contributed by atoms with Crippen molar-refractivity contribution in [2.24, 2.45) is 7.05 Å². The van der Waals surface area contributed by atoms with Crippen molar-refractivity contribution in [2.75, 3.05) is 12.3 Å². The molecule has 0 radical (unpaired) electrons. The maximum absolute atomic E-state index is 15.9. The van der Waals surface area contributed by atoms with E-state index >= 15 is 4.39 Å². The number of allylic oxidation sites excluding steroid dienone is 3. The molecule has 0 bridgehead atoms. The van der Waals surface area contributed by atoms with Crippen molar-refractivity contribution >= 4 is 28.3 Å². The van der Waals surface area contributed by atoms with Gasteiger partial charge in [0.15, 0.2) is 0 Å². The fraction of sp³-hybridized carbons (Fsp3) is 0.333. The summed E-state index contributed by atoms with van der Waals surface area (Å²) in [6.07, 6.45) is 5.99. The van der Waals surface area contributed by atoms with E-state index in [9.17, 15) is 4.79 Å². The molecule has 2 aliphatic rings. The Morgan fingerprint density at radius 2 is 2.03 bits per heavy atom. The summed E-state index contributed by atoms with van der Waals surface area (Å²) in [4.78, 5) is 27.7. The second-order valence-electron chi connectivity index (χ2n) is 8.42. The zero-order chi connectivity index (χ0) is 22.4. The van der Waals surface area contributed by atoms with Gasteiger partial charge in [-0.3, -0.25) is 9.78 Å². The van der Waals surface area contributed by atoms with Gasteiger partial charge in [0, 0.05) is 48.0 Å². The summed E-state index contributed by atoms with van der Waals surface area (Å²) in [6.45, 7) is 2.40. The lowest BCUT2D eigenvalue weighted by Gasteiger charge is -2.20. The van der Waals surface area contributed by atoms with Gasteiger partial charge >= 0.3 is 0 Å². The molecule has 3 aromatic heterocycles. The molecule has 164 valence electrons. The maximum atomic E-state index is 15.9. The predicted molar refractivity (Wildman–Crippen MR) is 121 cm³/mol. The smallest absolute Gasteiger partial charge is 0.232 e. The number of nitrogen functional groups attached to an aromatic ring is 1. The zero-order valence-corrected chi connectivity index (χ0v) is 18.2. The summed E-state index contributed by atoms with van der Waals surface area (Å²) in [7, 11) is 1.87. The molecule has 0 saturated heterocycles. The van der Waals surface area contributed by atoms with Gasteiger partial charge in [-0.15, -0.1) is 0 Å². The van der Waals surface area contributed by atoms with Crippen LogP contribution in [0.4, 0.5) is 10.2 Å². The Morgan fingerprint density at radius 3 is 2.84 bits per heavy atom. The van der Waals surface area contributed by atoms with E-state index in [1.165, 1.54) is 6.33 Å². The van der Waals surface area contributed by atoms with E-state index in [4.69, 9.17) is 5.73 Å². The molecule has 0 fully saturated rings. The molecule has 0 aromatic carbocycles. The van der Waals surface area contributed by atoms with Crippen molar-refractivity contribution in [3.8, 4) is 0 Å². The summed E-state index contributed by atoms with van der Waals surface area (Å²) >= 11 is 0. The van der Waals surface area contributed by atoms with Gasteiger partial charge in [-0.1, -0.05) is 6.07 Å². The van der Waals surface area contributed by atoms with Crippen LogP contribution < -0.4 is 5.73 Å². The van der Waals surface area contributed by atoms with Gasteiger partial charge in [-0.05, 0) is 50.3 Å². The molecule has 5 rings (SSSR count). The minimum atomic E-state index is -0.239. The first kappa shape index (κ1) is 20.4. The number of aromatic nitrogens is 4. The van der Waals surface area contributed by atoms with E-state index in [2.05, 4.69) is 15.0 Å². The SMILES string of the molecule is Cc1cccc(CC(=O)N2CCC3=C2CCCC(c2cn(C)c4ncnc(N)c24)=C3F)n1. The maximum Gasteiger partial charge on any atom is 0.232 e. The quantitative estimate of drug-likeness (QED) is 0.679. The normalized spacial score (nSPS) is 16.7. The molecule has 0 atom stereocenters. The Labute approximate surface area is 185 Å². The number of halogens is 1. The number of amides is 1. The topological polar surface area (TPSA) is 89.9 Å². The van der Waals surface area contributed by atoms with Crippen LogP contribution in [-0.4, -0.2) is 36.9 Å². The summed E-state index contributed by atoms with van der Waals surface area (Å²) in [6, 6.07) is 5.66. The number of nitrogens with two attached hydrogens (primary N) is 1. The molecule has 32 heavy (non-hydrogen) atoms. The van der Waals surface area contributed by atoms with Crippen LogP contribution in [-0.2, 0) is 18.3 Å². The highest BCUT2D eigenvalue weighted by atomic mass is 19.1. The number of carbonyl (C=O) groups excluding carboxylic acids is 1. The number of carbonyl (C=O) groups is 1. The van der Waals surface area contributed by atoms with Gasteiger partial charge in [0.05, 0.1) is 11.8 Å². The minimum Gasteiger partial charge on any atom is -0.383 e. The molecule has 1 aliphatic heterocycles. The van der Waals surface area contributed by atoms with E-state index in [-0.39, 0.29) is 18.2 Å². The van der Waals surface area contributed by atoms with Crippen LogP contribution in [0.25, 0.3) is 16.6 Å². The average molecular weight is 433 g/mol. The van der Waals surface area contributed by atoms with Crippen LogP contribution in [0.15, 0.2) is 47.8 Å². The number of hydrogen-bond acceptors (Lipinski definition) is 5. The first-order valence-corrected chi connectivity index (χ1v) is 10.8. The molecule has 7 nitrogen and oxygen atoms in total. The lowest BCUT2D eigenvalue weighted by atomic mass is 9.99. The number of nitrogens with zero attached hydrogens (tertiary/aromatic N) is 5. The predicted octanol–water partition coefficient (Wildman–Crippen LogP) is 3.85. The Balaban J connectivity index is 1.52. The molecule has 3 aromatic rings. The van der Waals surface area contributed by atoms with Gasteiger partial charge in [-0.2, -0.15) is 0 Å². The van der Waals surface area contributed by atoms with Crippen molar-refractivity contribution < 1.29 is 9.18 Å². The first-order chi connectivity index (χ1) is 15.4. The average Bonchev–Trinajstić information content (AvgIpc) is 3.29. The van der Waals surface area contributed by atoms with Gasteiger partial charge in [0.25, 0.3) is 0 Å². The van der Waals surface area contributed by atoms with Crippen molar-refractivity contribution in [1.29, 1.82) is 0 Å². The van der Waals surface area contributed by atoms with E-state index < -0.39 is 0 Å². The highest BCUT2D eigenvalue weighted by molar-refractivity contribution is 5.98. The highest BCUT2D eigenvalue weighted by Crippen LogP contribution is 2.43. The number of fused-ring (bicyclic) bond motifs is 1. The van der Waals surface area contributed by atoms with Crippen LogP contribution in [0.2, 0.25) is 0 Å². The van der Waals surface area contributed by atoms with Gasteiger partial charge in [0.1, 0.15) is 23.6 Å². The number of rotatable bonds is 3. The fourth-order valence-corrected chi connectivity index (χ4v) is 4.85. The summed E-state index contributed by atoms with van der Waals surface area (Å²) in [5.41, 5.74) is 11.2. The van der Waals surface area contributed by atoms with Crippen LogP contribution in [0.3, 0.4) is 0 Å². The molecule has 2 N–H and O–H groups in total. The molecule has 0 spiro atoms. The van der Waals surface area contributed by atoms with Crippen molar-refractivity contribution in [3.63, 3.8) is 0 Å². The van der Waals surface area contributed by atoms with Crippen LogP contribution >= 0.6 is 0 Å². The van der Waals surface area contributed by atoms with E-state index in [0.717, 1.165) is 29.1 Å². The third-order valence-corrected chi connectivity index (χ3v) is 6.32. The summed E-state index contributed by atoms with van der Waals surface area (Å²) in [5, 5.41) is 0.681. The molecule has 0 saturated carbocycles. The van der Waals surface area contributed by atoms with E-state index in [0.29, 0.717) is 53.8 Å². The minimum absolute atomic E-state index is 0.0350. The zero-order valence-electron chi connectivity index (χ0n) is 18.2. The lowest BCUT2D eigenvalue weighted by molar-refractivity contribution is -0.128. The Kier molecular flexibility index (Phi) is 5.00. The van der Waals surface area contributed by atoms with Crippen molar-refractivity contribution in [3.05, 3.63) is 64.8 Å². The summed E-state index contributed by atoms with van der Waals surface area (Å²) in [5.74, 6) is 0.0719. The van der Waals surface area contributed by atoms with E-state index in [1.807, 2.05) is 42.9 Å². The Bertz CT molecular complexity index is 1310. The third kappa shape index (κ3) is 3.36. The molecule has 1 aliphatic carbocycles. The van der Waals surface area contributed by atoms with Crippen LogP contribution in [0, 0.1) is 6.92 Å². The van der Waals surface area contributed by atoms with Crippen molar-refractivity contribution in [1.82, 2.24) is 24.4 Å². The second-order valence-corrected chi connectivity index (χ2v) is 8.42. The molecule has 1 amide bonds. The van der Waals surface area contributed by atoms with Crippen molar-refractivity contribution in [2.45, 2.75) is 39.0 Å². The number of hydrogen-bond donors (Lipinski definition) is 1. The van der Waals surface area contributed by atoms with Gasteiger partial charge in [-0.25, -0.2) is 14.4 Å².